The highest BCUT2D eigenvalue weighted by atomic mass is 16.5. The van der Waals surface area contributed by atoms with Gasteiger partial charge in [0.1, 0.15) is 5.75 Å². The van der Waals surface area contributed by atoms with Crippen LogP contribution in [0.5, 0.6) is 5.75 Å². The van der Waals surface area contributed by atoms with Gasteiger partial charge in [-0.05, 0) is 60.7 Å². The van der Waals surface area contributed by atoms with E-state index in [0.29, 0.717) is 18.0 Å². The molecular formula is C18H19N5O2. The van der Waals surface area contributed by atoms with Crippen molar-refractivity contribution in [3.05, 3.63) is 65.5 Å². The number of nitrogens with one attached hydrogen (secondary N) is 1. The lowest BCUT2D eigenvalue weighted by Gasteiger charge is -2.08. The second-order valence-corrected chi connectivity index (χ2v) is 5.48. The molecule has 3 aromatic rings. The van der Waals surface area contributed by atoms with E-state index < -0.39 is 0 Å². The number of ether oxygens (including phenoxy) is 1. The fourth-order valence-electron chi connectivity index (χ4n) is 2.33. The largest absolute Gasteiger partial charge is 0.494 e. The average Bonchev–Trinajstić information content (AvgIpc) is 3.10. The Hall–Kier alpha value is -3.22. The fraction of sp³-hybridized carbons (Fsp3) is 0.222. The minimum atomic E-state index is -0.166. The molecule has 0 fully saturated rings. The molecule has 0 saturated heterocycles. The van der Waals surface area contributed by atoms with Crippen molar-refractivity contribution in [2.24, 2.45) is 0 Å². The lowest BCUT2D eigenvalue weighted by Crippen LogP contribution is -2.24. The molecule has 3 rings (SSSR count). The van der Waals surface area contributed by atoms with Crippen molar-refractivity contribution in [2.75, 3.05) is 6.61 Å². The molecule has 1 N–H and O–H groups in total. The van der Waals surface area contributed by atoms with Gasteiger partial charge in [0.25, 0.3) is 5.91 Å². The van der Waals surface area contributed by atoms with Crippen LogP contribution in [0.4, 0.5) is 0 Å². The molecule has 25 heavy (non-hydrogen) atoms. The zero-order chi connectivity index (χ0) is 17.6. The van der Waals surface area contributed by atoms with Gasteiger partial charge in [0.05, 0.1) is 18.8 Å². The van der Waals surface area contributed by atoms with E-state index in [0.717, 1.165) is 17.0 Å². The standard InChI is InChI=1S/C18H19N5O2/c1-3-25-16-10-8-15(9-11-16)23-17(20-21-22-23)12-19-18(24)14-6-4-13(2)5-7-14/h4-11H,3,12H2,1-2H3,(H,19,24). The first-order valence-electron chi connectivity index (χ1n) is 8.02. The molecule has 1 amide bonds. The summed E-state index contributed by atoms with van der Waals surface area (Å²) in [6.07, 6.45) is 0. The molecule has 1 heterocycles. The van der Waals surface area contributed by atoms with Crippen LogP contribution in [0.1, 0.15) is 28.7 Å². The maximum Gasteiger partial charge on any atom is 0.251 e. The minimum absolute atomic E-state index is 0.166. The summed E-state index contributed by atoms with van der Waals surface area (Å²) in [4.78, 5) is 12.2. The van der Waals surface area contributed by atoms with Crippen molar-refractivity contribution in [2.45, 2.75) is 20.4 Å². The first-order chi connectivity index (χ1) is 12.2. The summed E-state index contributed by atoms with van der Waals surface area (Å²) in [5.41, 5.74) is 2.51. The Kier molecular flexibility index (Phi) is 5.03. The highest BCUT2D eigenvalue weighted by molar-refractivity contribution is 5.94. The van der Waals surface area contributed by atoms with Crippen molar-refractivity contribution < 1.29 is 9.53 Å². The smallest absolute Gasteiger partial charge is 0.251 e. The normalized spacial score (nSPS) is 10.5. The molecule has 0 radical (unpaired) electrons. The number of carbonyl (C=O) groups excluding carboxylic acids is 1. The quantitative estimate of drug-likeness (QED) is 0.746. The van der Waals surface area contributed by atoms with Gasteiger partial charge in [0, 0.05) is 5.56 Å². The number of aromatic nitrogens is 4. The van der Waals surface area contributed by atoms with Gasteiger partial charge < -0.3 is 10.1 Å². The van der Waals surface area contributed by atoms with Crippen molar-refractivity contribution in [3.63, 3.8) is 0 Å². The predicted molar refractivity (Wildman–Crippen MR) is 92.7 cm³/mol. The van der Waals surface area contributed by atoms with Crippen LogP contribution in [0.2, 0.25) is 0 Å². The molecule has 128 valence electrons. The molecule has 1 aromatic heterocycles. The summed E-state index contributed by atoms with van der Waals surface area (Å²) in [7, 11) is 0. The van der Waals surface area contributed by atoms with Crippen LogP contribution < -0.4 is 10.1 Å². The van der Waals surface area contributed by atoms with Crippen LogP contribution in [-0.2, 0) is 6.54 Å². The Morgan fingerprint density at radius 1 is 1.12 bits per heavy atom. The van der Waals surface area contributed by atoms with E-state index in [1.165, 1.54) is 0 Å². The molecule has 2 aromatic carbocycles. The van der Waals surface area contributed by atoms with Crippen LogP contribution in [-0.4, -0.2) is 32.7 Å². The van der Waals surface area contributed by atoms with Crippen LogP contribution in [0, 0.1) is 6.92 Å². The zero-order valence-electron chi connectivity index (χ0n) is 14.1. The Morgan fingerprint density at radius 2 is 1.84 bits per heavy atom. The third-order valence-corrected chi connectivity index (χ3v) is 3.65. The van der Waals surface area contributed by atoms with E-state index >= 15 is 0 Å². The molecule has 0 aliphatic rings. The third-order valence-electron chi connectivity index (χ3n) is 3.65. The molecule has 0 unspecified atom stereocenters. The molecule has 0 aliphatic heterocycles. The van der Waals surface area contributed by atoms with E-state index in [-0.39, 0.29) is 12.5 Å². The highest BCUT2D eigenvalue weighted by Crippen LogP contribution is 2.15. The Morgan fingerprint density at radius 3 is 2.52 bits per heavy atom. The maximum absolute atomic E-state index is 12.2. The van der Waals surface area contributed by atoms with E-state index in [9.17, 15) is 4.79 Å². The highest BCUT2D eigenvalue weighted by Gasteiger charge is 2.11. The lowest BCUT2D eigenvalue weighted by molar-refractivity contribution is 0.0949. The molecule has 0 spiro atoms. The number of aryl methyl sites for hydroxylation is 1. The first-order valence-corrected chi connectivity index (χ1v) is 8.02. The number of benzene rings is 2. The van der Waals surface area contributed by atoms with Gasteiger partial charge in [-0.2, -0.15) is 4.68 Å². The number of nitrogens with zero attached hydrogens (tertiary/aromatic N) is 4. The monoisotopic (exact) mass is 337 g/mol. The maximum atomic E-state index is 12.2. The summed E-state index contributed by atoms with van der Waals surface area (Å²) in [5.74, 6) is 1.17. The van der Waals surface area contributed by atoms with Crippen LogP contribution >= 0.6 is 0 Å². The second kappa shape index (κ2) is 7.57. The van der Waals surface area contributed by atoms with E-state index in [2.05, 4.69) is 20.8 Å². The average molecular weight is 337 g/mol. The molecule has 7 heteroatoms. The predicted octanol–water partition coefficient (Wildman–Crippen LogP) is 2.30. The molecule has 0 atom stereocenters. The topological polar surface area (TPSA) is 81.9 Å². The molecule has 7 nitrogen and oxygen atoms in total. The SMILES string of the molecule is CCOc1ccc(-n2nnnc2CNC(=O)c2ccc(C)cc2)cc1. The summed E-state index contributed by atoms with van der Waals surface area (Å²) >= 11 is 0. The Balaban J connectivity index is 1.69. The minimum Gasteiger partial charge on any atom is -0.494 e. The third kappa shape index (κ3) is 4.00. The van der Waals surface area contributed by atoms with Gasteiger partial charge >= 0.3 is 0 Å². The van der Waals surface area contributed by atoms with Gasteiger partial charge in [-0.1, -0.05) is 17.7 Å². The fourth-order valence-corrected chi connectivity index (χ4v) is 2.33. The second-order valence-electron chi connectivity index (χ2n) is 5.48. The molecule has 0 bridgehead atoms. The number of tetrazole rings is 1. The summed E-state index contributed by atoms with van der Waals surface area (Å²) in [6, 6.07) is 14.8. The van der Waals surface area contributed by atoms with Crippen LogP contribution in [0.15, 0.2) is 48.5 Å². The van der Waals surface area contributed by atoms with Gasteiger partial charge in [-0.3, -0.25) is 4.79 Å². The van der Waals surface area contributed by atoms with E-state index in [1.807, 2.05) is 50.2 Å². The number of rotatable bonds is 6. The van der Waals surface area contributed by atoms with E-state index in [1.54, 1.807) is 16.8 Å². The number of carbonyl (C=O) groups is 1. The summed E-state index contributed by atoms with van der Waals surface area (Å²) in [5, 5.41) is 14.5. The van der Waals surface area contributed by atoms with Gasteiger partial charge in [-0.15, -0.1) is 5.10 Å². The van der Waals surface area contributed by atoms with Gasteiger partial charge in [-0.25, -0.2) is 0 Å². The number of hydrogen-bond donors (Lipinski definition) is 1. The van der Waals surface area contributed by atoms with Gasteiger partial charge in [0.15, 0.2) is 5.82 Å². The number of amides is 1. The lowest BCUT2D eigenvalue weighted by atomic mass is 10.1. The first kappa shape index (κ1) is 16.6. The van der Waals surface area contributed by atoms with Gasteiger partial charge in [0.2, 0.25) is 0 Å². The summed E-state index contributed by atoms with van der Waals surface area (Å²) < 4.78 is 7.02. The molecular weight excluding hydrogens is 318 g/mol. The zero-order valence-corrected chi connectivity index (χ0v) is 14.1. The van der Waals surface area contributed by atoms with Crippen molar-refractivity contribution in [3.8, 4) is 11.4 Å². The Bertz CT molecular complexity index is 841. The number of hydrogen-bond acceptors (Lipinski definition) is 5. The van der Waals surface area contributed by atoms with Crippen LogP contribution in [0.25, 0.3) is 5.69 Å². The van der Waals surface area contributed by atoms with Crippen molar-refractivity contribution in [1.82, 2.24) is 25.5 Å². The van der Waals surface area contributed by atoms with Crippen LogP contribution in [0.3, 0.4) is 0 Å². The summed E-state index contributed by atoms with van der Waals surface area (Å²) in [6.45, 7) is 4.75. The van der Waals surface area contributed by atoms with Crippen molar-refractivity contribution in [1.29, 1.82) is 0 Å². The van der Waals surface area contributed by atoms with Crippen molar-refractivity contribution >= 4 is 5.91 Å². The Labute approximate surface area is 145 Å². The molecule has 0 saturated carbocycles. The molecule has 0 aliphatic carbocycles. The van der Waals surface area contributed by atoms with E-state index in [4.69, 9.17) is 4.74 Å².